The van der Waals surface area contributed by atoms with E-state index in [1.807, 2.05) is 6.07 Å². The molecule has 0 radical (unpaired) electrons. The molecule has 0 spiro atoms. The van der Waals surface area contributed by atoms with Gasteiger partial charge in [0.15, 0.2) is 0 Å². The molecule has 1 aromatic carbocycles. The molecule has 1 aromatic heterocycles. The molecular formula is C19H14Cl2F4N6S. The number of anilines is 1. The van der Waals surface area contributed by atoms with Crippen molar-refractivity contribution in [3.8, 4) is 6.07 Å². The van der Waals surface area contributed by atoms with Crippen LogP contribution in [-0.2, 0) is 12.7 Å². The van der Waals surface area contributed by atoms with E-state index in [9.17, 15) is 22.8 Å². The second-order valence-corrected chi connectivity index (χ2v) is 8.17. The Hall–Kier alpha value is -2.39. The Labute approximate surface area is 194 Å². The third-order valence-corrected chi connectivity index (χ3v) is 5.67. The van der Waals surface area contributed by atoms with Crippen molar-refractivity contribution >= 4 is 46.4 Å². The molecule has 0 fully saturated rings. The van der Waals surface area contributed by atoms with Crippen molar-refractivity contribution in [2.75, 3.05) is 17.6 Å². The molecule has 0 saturated heterocycles. The summed E-state index contributed by atoms with van der Waals surface area (Å²) in [4.78, 5) is 8.58. The molecule has 3 rings (SSSR count). The molecule has 1 aliphatic rings. The largest absolute Gasteiger partial charge is 0.416 e. The van der Waals surface area contributed by atoms with Crippen molar-refractivity contribution in [1.82, 2.24) is 15.3 Å². The average molecular weight is 505 g/mol. The Morgan fingerprint density at radius 1 is 1.19 bits per heavy atom. The Kier molecular flexibility index (Phi) is 7.95. The van der Waals surface area contributed by atoms with E-state index in [-0.39, 0.29) is 34.4 Å². The van der Waals surface area contributed by atoms with Crippen molar-refractivity contribution in [3.63, 3.8) is 0 Å². The second kappa shape index (κ2) is 10.5. The van der Waals surface area contributed by atoms with E-state index in [0.29, 0.717) is 22.8 Å². The Morgan fingerprint density at radius 2 is 1.91 bits per heavy atom. The molecule has 0 aliphatic carbocycles. The van der Waals surface area contributed by atoms with Crippen LogP contribution in [0.2, 0.25) is 10.0 Å². The first-order valence-corrected chi connectivity index (χ1v) is 10.7. The van der Waals surface area contributed by atoms with Gasteiger partial charge in [-0.1, -0.05) is 35.0 Å². The summed E-state index contributed by atoms with van der Waals surface area (Å²) in [7, 11) is 0. The highest BCUT2D eigenvalue weighted by molar-refractivity contribution is 8.02. The maximum Gasteiger partial charge on any atom is 0.416 e. The highest BCUT2D eigenvalue weighted by Crippen LogP contribution is 2.43. The van der Waals surface area contributed by atoms with Crippen molar-refractivity contribution < 1.29 is 17.6 Å². The lowest BCUT2D eigenvalue weighted by Crippen LogP contribution is -2.32. The number of alkyl halides is 4. The summed E-state index contributed by atoms with van der Waals surface area (Å²) in [5.74, 6) is 0. The van der Waals surface area contributed by atoms with Crippen LogP contribution in [0.25, 0.3) is 0 Å². The maximum atomic E-state index is 13.2. The van der Waals surface area contributed by atoms with Gasteiger partial charge in [0, 0.05) is 43.0 Å². The third kappa shape index (κ3) is 5.69. The summed E-state index contributed by atoms with van der Waals surface area (Å²) in [6, 6.07) is 2.58. The summed E-state index contributed by atoms with van der Waals surface area (Å²) in [5.41, 5.74) is 0.0103. The fourth-order valence-corrected chi connectivity index (χ4v) is 4.21. The van der Waals surface area contributed by atoms with Gasteiger partial charge in [-0.3, -0.25) is 9.97 Å². The van der Waals surface area contributed by atoms with Gasteiger partial charge >= 0.3 is 6.18 Å². The fourth-order valence-electron chi connectivity index (χ4n) is 2.87. The number of hydrogen-bond acceptors (Lipinski definition) is 7. The predicted molar refractivity (Wildman–Crippen MR) is 116 cm³/mol. The first-order chi connectivity index (χ1) is 15.2. The number of aromatic nitrogens is 2. The summed E-state index contributed by atoms with van der Waals surface area (Å²) in [6.07, 6.45) is 0.0316. The molecular weight excluding hydrogens is 491 g/mol. The number of nitrogens with one attached hydrogen (secondary N) is 1. The lowest BCUT2D eigenvalue weighted by Gasteiger charge is -2.30. The van der Waals surface area contributed by atoms with Crippen molar-refractivity contribution in [2.24, 2.45) is 5.10 Å². The van der Waals surface area contributed by atoms with Gasteiger partial charge in [-0.15, -0.1) is 0 Å². The monoisotopic (exact) mass is 504 g/mol. The molecule has 32 heavy (non-hydrogen) atoms. The van der Waals surface area contributed by atoms with Crippen molar-refractivity contribution in [3.05, 3.63) is 62.6 Å². The molecule has 13 heteroatoms. The minimum absolute atomic E-state index is 0.0330. The molecule has 2 aromatic rings. The molecule has 6 nitrogen and oxygen atoms in total. The number of allylic oxidation sites excluding steroid dienone is 1. The van der Waals surface area contributed by atoms with Crippen LogP contribution in [0.15, 0.2) is 46.4 Å². The number of thioether (sulfide) groups is 1. The zero-order chi connectivity index (χ0) is 23.3. The van der Waals surface area contributed by atoms with Crippen LogP contribution in [-0.4, -0.2) is 28.2 Å². The summed E-state index contributed by atoms with van der Waals surface area (Å²) >= 11 is 13.2. The Balaban J connectivity index is 2.00. The maximum absolute atomic E-state index is 13.2. The predicted octanol–water partition coefficient (Wildman–Crippen LogP) is 5.55. The number of hydrazone groups is 1. The molecule has 0 unspecified atom stereocenters. The lowest BCUT2D eigenvalue weighted by atomic mass is 10.1. The number of benzene rings is 1. The number of nitriles is 1. The highest BCUT2D eigenvalue weighted by atomic mass is 35.5. The molecule has 0 bridgehead atoms. The SMILES string of the molecule is N#CC1=NN(c2c(Cl)cc(C(F)(F)F)cc2Cl)C(CNCc2cnccn2)=C(SCF)C1. The highest BCUT2D eigenvalue weighted by Gasteiger charge is 2.34. The minimum Gasteiger partial charge on any atom is -0.305 e. The third-order valence-electron chi connectivity index (χ3n) is 4.26. The van der Waals surface area contributed by atoms with Gasteiger partial charge in [-0.05, 0) is 12.1 Å². The van der Waals surface area contributed by atoms with Crippen molar-refractivity contribution in [1.29, 1.82) is 5.26 Å². The molecule has 0 saturated carbocycles. The van der Waals surface area contributed by atoms with Gasteiger partial charge in [0.2, 0.25) is 0 Å². The molecule has 0 atom stereocenters. The van der Waals surface area contributed by atoms with Crippen LogP contribution in [0.4, 0.5) is 23.2 Å². The normalized spacial score (nSPS) is 14.4. The van der Waals surface area contributed by atoms with Gasteiger partial charge in [0.05, 0.1) is 27.0 Å². The van der Waals surface area contributed by atoms with Gasteiger partial charge in [0.1, 0.15) is 23.5 Å². The first-order valence-electron chi connectivity index (χ1n) is 8.95. The van der Waals surface area contributed by atoms with Crippen LogP contribution in [0.3, 0.4) is 0 Å². The molecule has 0 amide bonds. The van der Waals surface area contributed by atoms with Crippen LogP contribution in [0, 0.1) is 11.3 Å². The number of hydrogen-bond donors (Lipinski definition) is 1. The summed E-state index contributed by atoms with van der Waals surface area (Å²) in [6.45, 7) is 0.427. The summed E-state index contributed by atoms with van der Waals surface area (Å²) < 4.78 is 52.6. The Morgan fingerprint density at radius 3 is 2.47 bits per heavy atom. The summed E-state index contributed by atoms with van der Waals surface area (Å²) in [5, 5.41) is 17.2. The van der Waals surface area contributed by atoms with E-state index >= 15 is 0 Å². The van der Waals surface area contributed by atoms with E-state index in [2.05, 4.69) is 20.4 Å². The Bertz CT molecular complexity index is 1060. The van der Waals surface area contributed by atoms with Crippen molar-refractivity contribution in [2.45, 2.75) is 19.1 Å². The van der Waals surface area contributed by atoms with E-state index in [0.717, 1.165) is 23.9 Å². The van der Waals surface area contributed by atoms with Gasteiger partial charge in [-0.2, -0.15) is 23.5 Å². The average Bonchev–Trinajstić information content (AvgIpc) is 2.74. The van der Waals surface area contributed by atoms with Gasteiger partial charge in [-0.25, -0.2) is 9.40 Å². The fraction of sp³-hybridized carbons (Fsp3) is 0.263. The standard InChI is InChI=1S/C19H14Cl2F4N6S/c20-14-3-11(19(23,24)25)4-15(21)18(14)31-16(9-28-8-13-7-27-1-2-29-13)17(32-10-22)5-12(6-26)30-31/h1-4,7,28H,5,8-10H2. The molecule has 168 valence electrons. The quantitative estimate of drug-likeness (QED) is 0.497. The number of rotatable bonds is 7. The first kappa shape index (κ1) is 24.3. The smallest absolute Gasteiger partial charge is 0.305 e. The number of halogens is 6. The van der Waals surface area contributed by atoms with Gasteiger partial charge < -0.3 is 5.32 Å². The van der Waals surface area contributed by atoms with E-state index < -0.39 is 17.7 Å². The molecule has 1 N–H and O–H groups in total. The van der Waals surface area contributed by atoms with Crippen LogP contribution < -0.4 is 10.3 Å². The molecule has 1 aliphatic heterocycles. The lowest BCUT2D eigenvalue weighted by molar-refractivity contribution is -0.137. The van der Waals surface area contributed by atoms with E-state index in [4.69, 9.17) is 23.2 Å². The van der Waals surface area contributed by atoms with Crippen LogP contribution >= 0.6 is 35.0 Å². The zero-order valence-corrected chi connectivity index (χ0v) is 18.5. The number of nitrogens with zero attached hydrogens (tertiary/aromatic N) is 5. The second-order valence-electron chi connectivity index (χ2n) is 6.36. The topological polar surface area (TPSA) is 77.2 Å². The van der Waals surface area contributed by atoms with Crippen LogP contribution in [0.5, 0.6) is 0 Å². The zero-order valence-electron chi connectivity index (χ0n) is 16.1. The van der Waals surface area contributed by atoms with Crippen LogP contribution in [0.1, 0.15) is 17.7 Å². The van der Waals surface area contributed by atoms with Gasteiger partial charge in [0.25, 0.3) is 0 Å². The molecule has 2 heterocycles. The minimum atomic E-state index is -4.65. The van der Waals surface area contributed by atoms with E-state index in [1.54, 1.807) is 6.20 Å². The van der Waals surface area contributed by atoms with E-state index in [1.165, 1.54) is 17.4 Å².